The predicted octanol–water partition coefficient (Wildman–Crippen LogP) is 5.06. The van der Waals surface area contributed by atoms with Crippen molar-refractivity contribution in [2.24, 2.45) is 0 Å². The van der Waals surface area contributed by atoms with Gasteiger partial charge in [-0.25, -0.2) is 4.98 Å². The van der Waals surface area contributed by atoms with Crippen LogP contribution in [0.5, 0.6) is 5.75 Å². The molecule has 0 aliphatic carbocycles. The Morgan fingerprint density at radius 1 is 1.16 bits per heavy atom. The number of nitrogens with one attached hydrogen (secondary N) is 1. The van der Waals surface area contributed by atoms with E-state index < -0.39 is 6.36 Å². The number of imidazole rings is 1. The molecule has 0 fully saturated rings. The summed E-state index contributed by atoms with van der Waals surface area (Å²) in [5.41, 5.74) is 3.36. The van der Waals surface area contributed by atoms with E-state index in [0.717, 1.165) is 23.5 Å². The van der Waals surface area contributed by atoms with E-state index in [0.29, 0.717) is 17.3 Å². The number of alkyl halides is 3. The number of pyridine rings is 1. The van der Waals surface area contributed by atoms with Crippen molar-refractivity contribution in [1.29, 1.82) is 0 Å². The Morgan fingerprint density at radius 2 is 1.88 bits per heavy atom. The van der Waals surface area contributed by atoms with Crippen molar-refractivity contribution in [1.82, 2.24) is 9.38 Å². The first-order chi connectivity index (χ1) is 11.9. The van der Waals surface area contributed by atoms with Gasteiger partial charge in [-0.1, -0.05) is 18.5 Å². The third-order valence-corrected chi connectivity index (χ3v) is 3.87. The monoisotopic (exact) mass is 369 g/mol. The summed E-state index contributed by atoms with van der Waals surface area (Å²) >= 11 is 6.06. The van der Waals surface area contributed by atoms with E-state index in [9.17, 15) is 13.2 Å². The van der Waals surface area contributed by atoms with Crippen LogP contribution in [0, 0.1) is 0 Å². The number of aromatic nitrogens is 2. The molecule has 3 rings (SSSR count). The highest BCUT2D eigenvalue weighted by Gasteiger charge is 2.30. The summed E-state index contributed by atoms with van der Waals surface area (Å²) in [5.74, 6) is -0.256. The second-order valence-electron chi connectivity index (χ2n) is 5.36. The van der Waals surface area contributed by atoms with Crippen LogP contribution >= 0.6 is 11.6 Å². The lowest BCUT2D eigenvalue weighted by atomic mass is 10.2. The normalized spacial score (nSPS) is 11.7. The number of anilines is 1. The zero-order valence-corrected chi connectivity index (χ0v) is 14.0. The molecule has 1 N–H and O–H groups in total. The van der Waals surface area contributed by atoms with Crippen molar-refractivity contribution in [3.05, 3.63) is 59.0 Å². The first-order valence-corrected chi connectivity index (χ1v) is 7.98. The van der Waals surface area contributed by atoms with Crippen LogP contribution in [0.15, 0.2) is 42.6 Å². The smallest absolute Gasteiger partial charge is 0.406 e. The number of fused-ring (bicyclic) bond motifs is 1. The fraction of sp³-hybridized carbons (Fsp3) is 0.235. The largest absolute Gasteiger partial charge is 0.573 e. The molecule has 0 amide bonds. The van der Waals surface area contributed by atoms with Crippen molar-refractivity contribution in [3.8, 4) is 5.75 Å². The molecule has 8 heteroatoms. The number of hydrogen-bond donors (Lipinski definition) is 1. The zero-order valence-electron chi connectivity index (χ0n) is 13.3. The van der Waals surface area contributed by atoms with Crippen molar-refractivity contribution < 1.29 is 17.9 Å². The average Bonchev–Trinajstić information content (AvgIpc) is 2.90. The molecule has 25 heavy (non-hydrogen) atoms. The predicted molar refractivity (Wildman–Crippen MR) is 90.0 cm³/mol. The van der Waals surface area contributed by atoms with Crippen molar-refractivity contribution in [2.45, 2.75) is 26.3 Å². The van der Waals surface area contributed by atoms with Crippen molar-refractivity contribution in [2.75, 3.05) is 5.32 Å². The Labute approximate surface area is 147 Å². The van der Waals surface area contributed by atoms with Gasteiger partial charge in [0, 0.05) is 11.9 Å². The molecule has 2 heterocycles. The van der Waals surface area contributed by atoms with Gasteiger partial charge in [-0.15, -0.1) is 13.2 Å². The van der Waals surface area contributed by atoms with Crippen molar-refractivity contribution in [3.63, 3.8) is 0 Å². The Morgan fingerprint density at radius 3 is 2.52 bits per heavy atom. The fourth-order valence-corrected chi connectivity index (χ4v) is 2.71. The van der Waals surface area contributed by atoms with E-state index >= 15 is 0 Å². The maximum absolute atomic E-state index is 12.2. The number of hydrogen-bond acceptors (Lipinski definition) is 3. The molecule has 0 aliphatic heterocycles. The van der Waals surface area contributed by atoms with Gasteiger partial charge in [0.1, 0.15) is 11.4 Å². The third-order valence-electron chi connectivity index (χ3n) is 3.65. The Balaban J connectivity index is 1.77. The zero-order chi connectivity index (χ0) is 18.0. The number of ether oxygens (including phenoxy) is 1. The number of halogens is 4. The molecule has 0 bridgehead atoms. The van der Waals surface area contributed by atoms with Crippen LogP contribution in [0.2, 0.25) is 5.02 Å². The summed E-state index contributed by atoms with van der Waals surface area (Å²) in [6, 6.07) is 9.21. The summed E-state index contributed by atoms with van der Waals surface area (Å²) in [6.07, 6.45) is -2.14. The van der Waals surface area contributed by atoms with E-state index in [1.54, 1.807) is 12.3 Å². The molecular weight excluding hydrogens is 355 g/mol. The first kappa shape index (κ1) is 17.4. The Kier molecular flexibility index (Phi) is 4.76. The molecule has 1 aromatic carbocycles. The van der Waals surface area contributed by atoms with Gasteiger partial charge in [0.15, 0.2) is 0 Å². The minimum absolute atomic E-state index is 0.256. The van der Waals surface area contributed by atoms with Crippen LogP contribution in [0.3, 0.4) is 0 Å². The average molecular weight is 370 g/mol. The number of aryl methyl sites for hydroxylation is 1. The third kappa shape index (κ3) is 4.17. The van der Waals surface area contributed by atoms with Gasteiger partial charge < -0.3 is 14.5 Å². The number of rotatable bonds is 5. The highest BCUT2D eigenvalue weighted by atomic mass is 35.5. The van der Waals surface area contributed by atoms with E-state index in [2.05, 4.69) is 15.0 Å². The quantitative estimate of drug-likeness (QED) is 0.683. The second kappa shape index (κ2) is 6.84. The van der Waals surface area contributed by atoms with Crippen LogP contribution in [-0.4, -0.2) is 15.7 Å². The van der Waals surface area contributed by atoms with Crippen LogP contribution in [-0.2, 0) is 13.0 Å². The molecule has 0 aliphatic rings. The van der Waals surface area contributed by atoms with Gasteiger partial charge in [0.2, 0.25) is 0 Å². The van der Waals surface area contributed by atoms with Gasteiger partial charge in [-0.05, 0) is 42.8 Å². The van der Waals surface area contributed by atoms with E-state index in [1.807, 2.05) is 17.4 Å². The number of nitrogens with zero attached hydrogens (tertiary/aromatic N) is 2. The molecule has 0 spiro atoms. The minimum atomic E-state index is -4.69. The van der Waals surface area contributed by atoms with E-state index in [4.69, 9.17) is 11.6 Å². The molecule has 3 aromatic rings. The topological polar surface area (TPSA) is 38.6 Å². The Bertz CT molecular complexity index is 875. The molecule has 0 atom stereocenters. The van der Waals surface area contributed by atoms with Crippen LogP contribution in [0.1, 0.15) is 18.3 Å². The SMILES string of the molecule is CCc1nc2ccc(Cl)cn2c1CNc1ccc(OC(F)(F)F)cc1. The lowest BCUT2D eigenvalue weighted by Gasteiger charge is -2.11. The molecule has 0 saturated heterocycles. The van der Waals surface area contributed by atoms with Crippen LogP contribution in [0.25, 0.3) is 5.65 Å². The summed E-state index contributed by atoms with van der Waals surface area (Å²) in [4.78, 5) is 4.56. The van der Waals surface area contributed by atoms with Crippen LogP contribution < -0.4 is 10.1 Å². The molecule has 2 aromatic heterocycles. The molecule has 0 saturated carbocycles. The van der Waals surface area contributed by atoms with Gasteiger partial charge >= 0.3 is 6.36 Å². The molecule has 0 radical (unpaired) electrons. The molecule has 0 unspecified atom stereocenters. The number of benzene rings is 1. The van der Waals surface area contributed by atoms with Gasteiger partial charge in [0.05, 0.1) is 23.0 Å². The van der Waals surface area contributed by atoms with Crippen LogP contribution in [0.4, 0.5) is 18.9 Å². The van der Waals surface area contributed by atoms with Gasteiger partial charge in [-0.2, -0.15) is 0 Å². The van der Waals surface area contributed by atoms with E-state index in [1.165, 1.54) is 24.3 Å². The lowest BCUT2D eigenvalue weighted by Crippen LogP contribution is -2.17. The van der Waals surface area contributed by atoms with E-state index in [-0.39, 0.29) is 5.75 Å². The standard InChI is InChI=1S/C17H15ClF3N3O/c1-2-14-15(24-10-11(18)3-8-16(24)23-14)9-22-12-4-6-13(7-5-12)25-17(19,20)21/h3-8,10,22H,2,9H2,1H3. The summed E-state index contributed by atoms with van der Waals surface area (Å²) < 4.78 is 42.3. The molecule has 4 nitrogen and oxygen atoms in total. The summed E-state index contributed by atoms with van der Waals surface area (Å²) in [7, 11) is 0. The first-order valence-electron chi connectivity index (χ1n) is 7.61. The summed E-state index contributed by atoms with van der Waals surface area (Å²) in [5, 5.41) is 3.78. The fourth-order valence-electron chi connectivity index (χ4n) is 2.55. The maximum atomic E-state index is 12.2. The maximum Gasteiger partial charge on any atom is 0.573 e. The molecular formula is C17H15ClF3N3O. The highest BCUT2D eigenvalue weighted by molar-refractivity contribution is 6.30. The Hall–Kier alpha value is -2.41. The van der Waals surface area contributed by atoms with Gasteiger partial charge in [0.25, 0.3) is 0 Å². The highest BCUT2D eigenvalue weighted by Crippen LogP contribution is 2.24. The van der Waals surface area contributed by atoms with Gasteiger partial charge in [-0.3, -0.25) is 0 Å². The molecule has 132 valence electrons. The lowest BCUT2D eigenvalue weighted by molar-refractivity contribution is -0.274. The minimum Gasteiger partial charge on any atom is -0.406 e. The second-order valence-corrected chi connectivity index (χ2v) is 5.80. The summed E-state index contributed by atoms with van der Waals surface area (Å²) in [6.45, 7) is 2.47. The van der Waals surface area contributed by atoms with Crippen molar-refractivity contribution >= 4 is 22.9 Å².